The number of anilines is 1. The van der Waals surface area contributed by atoms with Crippen LogP contribution < -0.4 is 10.6 Å². The van der Waals surface area contributed by atoms with Crippen molar-refractivity contribution < 1.29 is 5.11 Å². The van der Waals surface area contributed by atoms with Gasteiger partial charge in [0.05, 0.1) is 6.10 Å². The zero-order chi connectivity index (χ0) is 12.3. The van der Waals surface area contributed by atoms with Gasteiger partial charge in [0, 0.05) is 25.6 Å². The zero-order valence-corrected chi connectivity index (χ0v) is 10.3. The molecule has 0 radical (unpaired) electrons. The van der Waals surface area contributed by atoms with Crippen LogP contribution in [-0.4, -0.2) is 45.5 Å². The van der Waals surface area contributed by atoms with E-state index in [1.807, 2.05) is 0 Å². The van der Waals surface area contributed by atoms with Crippen LogP contribution in [0.15, 0.2) is 0 Å². The van der Waals surface area contributed by atoms with Crippen molar-refractivity contribution >= 4 is 5.95 Å². The average molecular weight is 239 g/mol. The van der Waals surface area contributed by atoms with Crippen LogP contribution >= 0.6 is 0 Å². The summed E-state index contributed by atoms with van der Waals surface area (Å²) < 4.78 is 0. The van der Waals surface area contributed by atoms with E-state index in [2.05, 4.69) is 20.1 Å². The van der Waals surface area contributed by atoms with Crippen molar-refractivity contribution in [1.29, 1.82) is 0 Å². The molecule has 1 aromatic heterocycles. The van der Waals surface area contributed by atoms with Crippen LogP contribution in [0.2, 0.25) is 0 Å². The van der Waals surface area contributed by atoms with Gasteiger partial charge in [-0.1, -0.05) is 0 Å². The maximum Gasteiger partial charge on any atom is 0.244 e. The molecular weight excluding hydrogens is 218 g/mol. The van der Waals surface area contributed by atoms with E-state index in [0.29, 0.717) is 12.5 Å². The van der Waals surface area contributed by atoms with Gasteiger partial charge in [0.1, 0.15) is 5.82 Å². The van der Waals surface area contributed by atoms with E-state index in [-0.39, 0.29) is 6.10 Å². The first kappa shape index (κ1) is 12.3. The molecule has 6 nitrogen and oxygen atoms in total. The lowest BCUT2D eigenvalue weighted by Gasteiger charge is -2.28. The van der Waals surface area contributed by atoms with Crippen molar-refractivity contribution in [3.63, 3.8) is 0 Å². The molecule has 0 aliphatic carbocycles. The molecule has 2 heterocycles. The fraction of sp³-hybridized carbons (Fsp3) is 0.818. The van der Waals surface area contributed by atoms with Crippen LogP contribution in [0.3, 0.4) is 0 Å². The summed E-state index contributed by atoms with van der Waals surface area (Å²) >= 11 is 0. The third kappa shape index (κ3) is 3.41. The normalized spacial score (nSPS) is 19.6. The lowest BCUT2D eigenvalue weighted by molar-refractivity contribution is 0.184. The van der Waals surface area contributed by atoms with Gasteiger partial charge in [-0.2, -0.15) is 4.98 Å². The smallest absolute Gasteiger partial charge is 0.244 e. The summed E-state index contributed by atoms with van der Waals surface area (Å²) in [6.07, 6.45) is 3.14. The summed E-state index contributed by atoms with van der Waals surface area (Å²) in [5.74, 6) is 1.60. The second-order valence-corrected chi connectivity index (χ2v) is 4.79. The first-order valence-corrected chi connectivity index (χ1v) is 6.25. The second kappa shape index (κ2) is 5.46. The minimum Gasteiger partial charge on any atom is -0.393 e. The van der Waals surface area contributed by atoms with Crippen LogP contribution in [0, 0.1) is 0 Å². The Labute approximate surface area is 101 Å². The highest BCUT2D eigenvalue weighted by Crippen LogP contribution is 2.15. The molecule has 96 valence electrons. The van der Waals surface area contributed by atoms with Gasteiger partial charge in [0.2, 0.25) is 5.95 Å². The van der Waals surface area contributed by atoms with E-state index in [9.17, 15) is 5.11 Å². The molecular formula is C11H21N5O. The molecule has 1 atom stereocenters. The minimum atomic E-state index is -0.295. The highest BCUT2D eigenvalue weighted by atomic mass is 16.3. The highest BCUT2D eigenvalue weighted by molar-refractivity contribution is 5.29. The van der Waals surface area contributed by atoms with Crippen molar-refractivity contribution in [2.45, 2.75) is 44.8 Å². The van der Waals surface area contributed by atoms with Gasteiger partial charge in [0.15, 0.2) is 0 Å². The number of aromatic amines is 1. The van der Waals surface area contributed by atoms with Gasteiger partial charge in [-0.15, -0.1) is 5.10 Å². The number of nitrogens with one attached hydrogen (secondary N) is 1. The van der Waals surface area contributed by atoms with Crippen LogP contribution in [0.5, 0.6) is 0 Å². The standard InChI is InChI=1S/C11H21N5O/c1-8(17)2-3-10-13-11(15-14-10)16-6-4-9(12)5-7-16/h8-9,17H,2-7,12H2,1H3,(H,13,14,15). The van der Waals surface area contributed by atoms with E-state index in [1.165, 1.54) is 0 Å². The summed E-state index contributed by atoms with van der Waals surface area (Å²) in [4.78, 5) is 6.60. The predicted octanol–water partition coefficient (Wildman–Crippen LogP) is 0.0456. The summed E-state index contributed by atoms with van der Waals surface area (Å²) in [5.41, 5.74) is 5.86. The molecule has 0 amide bonds. The Bertz CT molecular complexity index is 343. The van der Waals surface area contributed by atoms with Gasteiger partial charge < -0.3 is 15.7 Å². The lowest BCUT2D eigenvalue weighted by Crippen LogP contribution is -2.40. The number of hydrogen-bond donors (Lipinski definition) is 3. The first-order chi connectivity index (χ1) is 8.15. The number of H-pyrrole nitrogens is 1. The van der Waals surface area contributed by atoms with Gasteiger partial charge in [0.25, 0.3) is 0 Å². The molecule has 1 aliphatic rings. The Morgan fingerprint density at radius 1 is 1.53 bits per heavy atom. The Kier molecular flexibility index (Phi) is 3.96. The Balaban J connectivity index is 1.89. The number of piperidine rings is 1. The Morgan fingerprint density at radius 3 is 2.88 bits per heavy atom. The number of aliphatic hydroxyl groups excluding tert-OH is 1. The molecule has 1 aromatic rings. The number of aromatic nitrogens is 3. The largest absolute Gasteiger partial charge is 0.393 e. The van der Waals surface area contributed by atoms with Crippen molar-refractivity contribution in [1.82, 2.24) is 15.2 Å². The number of nitrogens with two attached hydrogens (primary N) is 1. The molecule has 17 heavy (non-hydrogen) atoms. The van der Waals surface area contributed by atoms with Crippen molar-refractivity contribution in [3.05, 3.63) is 5.82 Å². The van der Waals surface area contributed by atoms with E-state index in [0.717, 1.165) is 44.1 Å². The third-order valence-corrected chi connectivity index (χ3v) is 3.14. The van der Waals surface area contributed by atoms with Crippen LogP contribution in [-0.2, 0) is 6.42 Å². The summed E-state index contributed by atoms with van der Waals surface area (Å²) in [7, 11) is 0. The maximum atomic E-state index is 9.21. The highest BCUT2D eigenvalue weighted by Gasteiger charge is 2.19. The van der Waals surface area contributed by atoms with Gasteiger partial charge >= 0.3 is 0 Å². The Morgan fingerprint density at radius 2 is 2.24 bits per heavy atom. The van der Waals surface area contributed by atoms with Crippen LogP contribution in [0.4, 0.5) is 5.95 Å². The predicted molar refractivity (Wildman–Crippen MR) is 65.8 cm³/mol. The van der Waals surface area contributed by atoms with Gasteiger partial charge in [-0.3, -0.25) is 5.10 Å². The van der Waals surface area contributed by atoms with Crippen molar-refractivity contribution in [2.24, 2.45) is 5.73 Å². The van der Waals surface area contributed by atoms with E-state index in [1.54, 1.807) is 6.92 Å². The Hall–Kier alpha value is -1.14. The molecule has 0 spiro atoms. The number of nitrogens with zero attached hydrogens (tertiary/aromatic N) is 3. The topological polar surface area (TPSA) is 91.1 Å². The van der Waals surface area contributed by atoms with E-state index in [4.69, 9.17) is 5.73 Å². The number of aryl methyl sites for hydroxylation is 1. The average Bonchev–Trinajstić information content (AvgIpc) is 2.76. The number of rotatable bonds is 4. The molecule has 1 fully saturated rings. The zero-order valence-electron chi connectivity index (χ0n) is 10.3. The molecule has 4 N–H and O–H groups in total. The van der Waals surface area contributed by atoms with Crippen molar-refractivity contribution in [2.75, 3.05) is 18.0 Å². The summed E-state index contributed by atoms with van der Waals surface area (Å²) in [5, 5.41) is 16.3. The minimum absolute atomic E-state index is 0.295. The molecule has 1 saturated heterocycles. The van der Waals surface area contributed by atoms with Crippen molar-refractivity contribution in [3.8, 4) is 0 Å². The molecule has 6 heteroatoms. The molecule has 0 saturated carbocycles. The maximum absolute atomic E-state index is 9.21. The SMILES string of the molecule is CC(O)CCc1nc(N2CCC(N)CC2)n[nH]1. The van der Waals surface area contributed by atoms with Crippen LogP contribution in [0.25, 0.3) is 0 Å². The monoisotopic (exact) mass is 239 g/mol. The molecule has 1 aliphatic heterocycles. The quantitative estimate of drug-likeness (QED) is 0.690. The number of hydrogen-bond acceptors (Lipinski definition) is 5. The molecule has 2 rings (SSSR count). The number of aliphatic hydroxyl groups is 1. The van der Waals surface area contributed by atoms with Crippen LogP contribution in [0.1, 0.15) is 32.0 Å². The third-order valence-electron chi connectivity index (χ3n) is 3.14. The van der Waals surface area contributed by atoms with Gasteiger partial charge in [-0.05, 0) is 26.2 Å². The fourth-order valence-electron chi connectivity index (χ4n) is 1.98. The summed E-state index contributed by atoms with van der Waals surface area (Å²) in [6.45, 7) is 3.63. The molecule has 0 bridgehead atoms. The fourth-order valence-corrected chi connectivity index (χ4v) is 1.98. The second-order valence-electron chi connectivity index (χ2n) is 4.79. The molecule has 1 unspecified atom stereocenters. The lowest BCUT2D eigenvalue weighted by atomic mass is 10.1. The summed E-state index contributed by atoms with van der Waals surface area (Å²) in [6, 6.07) is 0.319. The van der Waals surface area contributed by atoms with E-state index >= 15 is 0 Å². The first-order valence-electron chi connectivity index (χ1n) is 6.25. The van der Waals surface area contributed by atoms with E-state index < -0.39 is 0 Å². The molecule has 0 aromatic carbocycles. The van der Waals surface area contributed by atoms with Gasteiger partial charge in [-0.25, -0.2) is 0 Å².